The lowest BCUT2D eigenvalue weighted by atomic mass is 9.90. The normalized spacial score (nSPS) is 21.3. The second-order valence-electron chi connectivity index (χ2n) is 5.99. The lowest BCUT2D eigenvalue weighted by Crippen LogP contribution is -2.35. The molecule has 7 heteroatoms. The van der Waals surface area contributed by atoms with Gasteiger partial charge in [-0.15, -0.1) is 11.3 Å². The molecule has 2 N–H and O–H groups in total. The number of nitrogens with two attached hydrogens (primary N) is 1. The molecular weight excluding hydrogens is 298 g/mol. The second kappa shape index (κ2) is 6.10. The smallest absolute Gasteiger partial charge is 0.228 e. The third-order valence-corrected chi connectivity index (χ3v) is 4.98. The Morgan fingerprint density at radius 3 is 3.05 bits per heavy atom. The number of amides is 1. The van der Waals surface area contributed by atoms with E-state index in [4.69, 9.17) is 5.73 Å². The van der Waals surface area contributed by atoms with Crippen LogP contribution in [0.4, 0.5) is 0 Å². The van der Waals surface area contributed by atoms with Crippen molar-refractivity contribution in [2.75, 3.05) is 19.6 Å². The highest BCUT2D eigenvalue weighted by atomic mass is 32.1. The van der Waals surface area contributed by atoms with Crippen LogP contribution in [0.5, 0.6) is 0 Å². The van der Waals surface area contributed by atoms with Crippen molar-refractivity contribution in [3.05, 3.63) is 29.7 Å². The van der Waals surface area contributed by atoms with Gasteiger partial charge in [-0.3, -0.25) is 14.8 Å². The predicted octanol–water partition coefficient (Wildman–Crippen LogP) is 1.34. The van der Waals surface area contributed by atoms with Crippen LogP contribution in [0.25, 0.3) is 10.7 Å². The van der Waals surface area contributed by atoms with Gasteiger partial charge in [-0.1, -0.05) is 6.92 Å². The van der Waals surface area contributed by atoms with Crippen molar-refractivity contribution >= 4 is 17.2 Å². The van der Waals surface area contributed by atoms with Crippen LogP contribution in [-0.2, 0) is 11.2 Å². The number of aromatic nitrogens is 3. The topological polar surface area (TPSA) is 85.0 Å². The number of nitrogens with zero attached hydrogens (tertiary/aromatic N) is 4. The summed E-state index contributed by atoms with van der Waals surface area (Å²) in [7, 11) is 0. The Hall–Kier alpha value is -1.86. The molecular formula is C15H19N5OS. The molecule has 6 nitrogen and oxygen atoms in total. The van der Waals surface area contributed by atoms with Crippen molar-refractivity contribution in [2.24, 2.45) is 11.1 Å². The van der Waals surface area contributed by atoms with E-state index in [1.54, 1.807) is 18.6 Å². The van der Waals surface area contributed by atoms with Crippen LogP contribution in [0, 0.1) is 5.41 Å². The van der Waals surface area contributed by atoms with Gasteiger partial charge in [0, 0.05) is 30.9 Å². The van der Waals surface area contributed by atoms with Gasteiger partial charge in [0.1, 0.15) is 10.7 Å². The number of hydrogen-bond donors (Lipinski definition) is 1. The van der Waals surface area contributed by atoms with Crippen LogP contribution < -0.4 is 5.73 Å². The molecule has 3 heterocycles. The summed E-state index contributed by atoms with van der Waals surface area (Å²) in [5.41, 5.74) is 7.38. The summed E-state index contributed by atoms with van der Waals surface area (Å²) in [6.07, 6.45) is 6.25. The summed E-state index contributed by atoms with van der Waals surface area (Å²) in [6.45, 7) is 4.27. The molecule has 1 aliphatic rings. The third-order valence-electron chi connectivity index (χ3n) is 4.07. The molecule has 1 fully saturated rings. The van der Waals surface area contributed by atoms with Gasteiger partial charge in [-0.2, -0.15) is 0 Å². The van der Waals surface area contributed by atoms with Crippen LogP contribution >= 0.6 is 11.3 Å². The molecule has 1 saturated heterocycles. The van der Waals surface area contributed by atoms with Crippen molar-refractivity contribution in [1.82, 2.24) is 19.9 Å². The summed E-state index contributed by atoms with van der Waals surface area (Å²) in [6, 6.07) is 0. The van der Waals surface area contributed by atoms with Crippen LogP contribution in [-0.4, -0.2) is 45.4 Å². The SMILES string of the molecule is CC1(CN)CCN(C(=O)Cc2csc(-c3cnccn3)n2)C1. The number of hydrogen-bond acceptors (Lipinski definition) is 6. The first-order chi connectivity index (χ1) is 10.6. The molecule has 1 aliphatic heterocycles. The summed E-state index contributed by atoms with van der Waals surface area (Å²) < 4.78 is 0. The number of likely N-dealkylation sites (tertiary alicyclic amines) is 1. The first kappa shape index (κ1) is 15.1. The Balaban J connectivity index is 1.65. The van der Waals surface area contributed by atoms with E-state index in [2.05, 4.69) is 21.9 Å². The first-order valence-corrected chi connectivity index (χ1v) is 8.16. The fraction of sp³-hybridized carbons (Fsp3) is 0.467. The fourth-order valence-electron chi connectivity index (χ4n) is 2.59. The predicted molar refractivity (Wildman–Crippen MR) is 85.2 cm³/mol. The van der Waals surface area contributed by atoms with Crippen LogP contribution in [0.2, 0.25) is 0 Å². The van der Waals surface area contributed by atoms with Gasteiger partial charge in [0.15, 0.2) is 0 Å². The van der Waals surface area contributed by atoms with Crippen molar-refractivity contribution in [1.29, 1.82) is 0 Å². The van der Waals surface area contributed by atoms with Crippen LogP contribution in [0.1, 0.15) is 19.0 Å². The molecule has 22 heavy (non-hydrogen) atoms. The highest BCUT2D eigenvalue weighted by molar-refractivity contribution is 7.13. The van der Waals surface area contributed by atoms with Crippen LogP contribution in [0.15, 0.2) is 24.0 Å². The molecule has 2 aromatic rings. The Kier molecular flexibility index (Phi) is 4.17. The highest BCUT2D eigenvalue weighted by Crippen LogP contribution is 2.29. The van der Waals surface area contributed by atoms with Crippen molar-refractivity contribution in [2.45, 2.75) is 19.8 Å². The molecule has 0 aromatic carbocycles. The van der Waals surface area contributed by atoms with Gasteiger partial charge in [-0.05, 0) is 18.4 Å². The van der Waals surface area contributed by atoms with Crippen molar-refractivity contribution in [3.63, 3.8) is 0 Å². The van der Waals surface area contributed by atoms with E-state index < -0.39 is 0 Å². The maximum absolute atomic E-state index is 12.4. The molecule has 2 aromatic heterocycles. The van der Waals surface area contributed by atoms with E-state index >= 15 is 0 Å². The first-order valence-electron chi connectivity index (χ1n) is 7.28. The van der Waals surface area contributed by atoms with E-state index in [1.165, 1.54) is 11.3 Å². The molecule has 0 bridgehead atoms. The van der Waals surface area contributed by atoms with E-state index in [0.29, 0.717) is 13.0 Å². The minimum Gasteiger partial charge on any atom is -0.342 e. The number of rotatable bonds is 4. The molecule has 116 valence electrons. The largest absolute Gasteiger partial charge is 0.342 e. The van der Waals surface area contributed by atoms with Gasteiger partial charge in [0.05, 0.1) is 18.3 Å². The maximum Gasteiger partial charge on any atom is 0.228 e. The Bertz CT molecular complexity index is 659. The quantitative estimate of drug-likeness (QED) is 0.920. The maximum atomic E-state index is 12.4. The summed E-state index contributed by atoms with van der Waals surface area (Å²) in [4.78, 5) is 27.0. The van der Waals surface area contributed by atoms with Gasteiger partial charge in [-0.25, -0.2) is 4.98 Å². The van der Waals surface area contributed by atoms with Gasteiger partial charge >= 0.3 is 0 Å². The average molecular weight is 317 g/mol. The molecule has 1 unspecified atom stereocenters. The number of carbonyl (C=O) groups excluding carboxylic acids is 1. The number of thiazole rings is 1. The third kappa shape index (κ3) is 3.15. The van der Waals surface area contributed by atoms with Gasteiger partial charge in [0.2, 0.25) is 5.91 Å². The molecule has 1 amide bonds. The standard InChI is InChI=1S/C15H19N5OS/c1-15(9-16)2-5-20(10-15)13(21)6-11-8-22-14(19-11)12-7-17-3-4-18-12/h3-4,7-8H,2,5-6,9-10,16H2,1H3. The second-order valence-corrected chi connectivity index (χ2v) is 6.85. The summed E-state index contributed by atoms with van der Waals surface area (Å²) in [5, 5.41) is 2.71. The molecule has 0 spiro atoms. The average Bonchev–Trinajstić information content (AvgIpc) is 3.16. The minimum absolute atomic E-state index is 0.0581. The lowest BCUT2D eigenvalue weighted by molar-refractivity contribution is -0.129. The van der Waals surface area contributed by atoms with E-state index in [1.807, 2.05) is 10.3 Å². The van der Waals surface area contributed by atoms with Crippen molar-refractivity contribution < 1.29 is 4.79 Å². The van der Waals surface area contributed by atoms with Crippen LogP contribution in [0.3, 0.4) is 0 Å². The van der Waals surface area contributed by atoms with Gasteiger partial charge < -0.3 is 10.6 Å². The van der Waals surface area contributed by atoms with E-state index in [9.17, 15) is 4.79 Å². The minimum atomic E-state index is 0.0581. The molecule has 0 radical (unpaired) electrons. The van der Waals surface area contributed by atoms with E-state index in [0.717, 1.165) is 35.9 Å². The zero-order valence-electron chi connectivity index (χ0n) is 12.5. The van der Waals surface area contributed by atoms with Crippen molar-refractivity contribution in [3.8, 4) is 10.7 Å². The Labute approximate surface area is 133 Å². The fourth-order valence-corrected chi connectivity index (χ4v) is 3.37. The zero-order valence-corrected chi connectivity index (χ0v) is 13.3. The molecule has 0 aliphatic carbocycles. The Morgan fingerprint density at radius 1 is 1.50 bits per heavy atom. The molecule has 0 saturated carbocycles. The Morgan fingerprint density at radius 2 is 2.36 bits per heavy atom. The lowest BCUT2D eigenvalue weighted by Gasteiger charge is -2.22. The monoisotopic (exact) mass is 317 g/mol. The summed E-state index contributed by atoms with van der Waals surface area (Å²) in [5.74, 6) is 0.119. The highest BCUT2D eigenvalue weighted by Gasteiger charge is 2.34. The molecule has 1 atom stereocenters. The number of carbonyl (C=O) groups is 1. The summed E-state index contributed by atoms with van der Waals surface area (Å²) >= 11 is 1.49. The van der Waals surface area contributed by atoms with Gasteiger partial charge in [0.25, 0.3) is 0 Å². The zero-order chi connectivity index (χ0) is 15.6. The molecule has 3 rings (SSSR count). The van der Waals surface area contributed by atoms with E-state index in [-0.39, 0.29) is 11.3 Å².